The summed E-state index contributed by atoms with van der Waals surface area (Å²) >= 11 is 0. The Morgan fingerprint density at radius 3 is 1.39 bits per heavy atom. The maximum absolute atomic E-state index is 15.3. The van der Waals surface area contributed by atoms with Gasteiger partial charge in [0, 0.05) is 16.3 Å². The van der Waals surface area contributed by atoms with Gasteiger partial charge in [-0.05, 0) is 42.0 Å². The molecule has 0 aliphatic carbocycles. The zero-order valence-corrected chi connectivity index (χ0v) is 23.6. The number of methoxy groups -OCH3 is 1. The third-order valence-corrected chi connectivity index (χ3v) is 14.9. The molecule has 1 N–H and O–H groups in total. The van der Waals surface area contributed by atoms with Gasteiger partial charge in [0.05, 0.1) is 7.11 Å². The van der Waals surface area contributed by atoms with Gasteiger partial charge in [0.25, 0.3) is 0 Å². The van der Waals surface area contributed by atoms with E-state index in [9.17, 15) is 0 Å². The molecule has 0 amide bonds. The molecule has 0 aliphatic heterocycles. The van der Waals surface area contributed by atoms with Crippen molar-refractivity contribution >= 4 is 36.3 Å². The van der Waals surface area contributed by atoms with Crippen molar-refractivity contribution in [2.45, 2.75) is 12.2 Å². The van der Waals surface area contributed by atoms with Gasteiger partial charge in [-0.3, -0.25) is 9.65 Å². The van der Waals surface area contributed by atoms with Gasteiger partial charge >= 0.3 is 0 Å². The maximum Gasteiger partial charge on any atom is 0.204 e. The van der Waals surface area contributed by atoms with Gasteiger partial charge in [-0.25, -0.2) is 0 Å². The van der Waals surface area contributed by atoms with Crippen LogP contribution < -0.4 is 30.8 Å². The van der Waals surface area contributed by atoms with E-state index in [2.05, 4.69) is 84.4 Å². The smallest absolute Gasteiger partial charge is 0.204 e. The molecule has 5 aromatic rings. The fraction of sp³-hybridized carbons (Fsp3) is 0.0909. The molecular formula is C33H32NO2PSi. The largest absolute Gasteiger partial charge is 0.497 e. The summed E-state index contributed by atoms with van der Waals surface area (Å²) in [4.78, 5) is 0. The first-order valence-electron chi connectivity index (χ1n) is 12.8. The first-order chi connectivity index (χ1) is 18.6. The molecular weight excluding hydrogens is 501 g/mol. The molecule has 0 saturated heterocycles. The van der Waals surface area contributed by atoms with Gasteiger partial charge in [-0.15, -0.1) is 0 Å². The number of benzene rings is 5. The quantitative estimate of drug-likeness (QED) is 0.196. The van der Waals surface area contributed by atoms with Crippen LogP contribution in [0.15, 0.2) is 146 Å². The molecule has 3 nitrogen and oxygen atoms in total. The Balaban J connectivity index is 1.77. The molecule has 38 heavy (non-hydrogen) atoms. The Labute approximate surface area is 226 Å². The maximum atomic E-state index is 15.3. The van der Waals surface area contributed by atoms with Crippen LogP contribution in [0.1, 0.15) is 11.2 Å². The third kappa shape index (κ3) is 5.03. The predicted molar refractivity (Wildman–Crippen MR) is 162 cm³/mol. The highest BCUT2D eigenvalue weighted by atomic mass is 31.2. The van der Waals surface area contributed by atoms with E-state index < -0.39 is 15.4 Å². The highest BCUT2D eigenvalue weighted by molar-refractivity contribution is 7.77. The highest BCUT2D eigenvalue weighted by Gasteiger charge is 2.45. The van der Waals surface area contributed by atoms with E-state index in [1.807, 2.05) is 72.8 Å². The van der Waals surface area contributed by atoms with Gasteiger partial charge in [0.2, 0.25) is 7.29 Å². The summed E-state index contributed by atoms with van der Waals surface area (Å²) in [6.45, 7) is 2.37. The Hall–Kier alpha value is -3.69. The number of hydrogen-bond acceptors (Lipinski definition) is 2. The lowest BCUT2D eigenvalue weighted by atomic mass is 10.2. The molecule has 0 aliphatic rings. The lowest BCUT2D eigenvalue weighted by Gasteiger charge is -2.40. The Morgan fingerprint density at radius 1 is 0.605 bits per heavy atom. The molecule has 0 bridgehead atoms. The molecule has 5 rings (SSSR count). The van der Waals surface area contributed by atoms with Crippen molar-refractivity contribution in [1.82, 2.24) is 5.09 Å². The van der Waals surface area contributed by atoms with Crippen LogP contribution in [0.2, 0.25) is 6.55 Å². The Bertz CT molecular complexity index is 1410. The molecule has 5 aromatic carbocycles. The van der Waals surface area contributed by atoms with Gasteiger partial charge in [0.1, 0.15) is 13.8 Å². The fourth-order valence-electron chi connectivity index (χ4n) is 5.16. The van der Waals surface area contributed by atoms with E-state index in [0.29, 0.717) is 0 Å². The summed E-state index contributed by atoms with van der Waals surface area (Å²) in [5, 5.41) is 7.96. The molecule has 1 atom stereocenters. The van der Waals surface area contributed by atoms with Crippen LogP contribution in [-0.4, -0.2) is 15.2 Å². The van der Waals surface area contributed by atoms with E-state index in [4.69, 9.17) is 4.74 Å². The minimum atomic E-state index is -3.25. The van der Waals surface area contributed by atoms with Crippen molar-refractivity contribution in [3.63, 3.8) is 0 Å². The second-order valence-corrected chi connectivity index (χ2v) is 16.2. The molecule has 0 aromatic heterocycles. The molecule has 0 heterocycles. The third-order valence-electron chi connectivity index (χ3n) is 7.32. The number of ether oxygens (including phenoxy) is 1. The van der Waals surface area contributed by atoms with Gasteiger partial charge in [0.15, 0.2) is 0 Å². The monoisotopic (exact) mass is 533 g/mol. The first-order valence-corrected chi connectivity index (χ1v) is 17.1. The Morgan fingerprint density at radius 2 is 1.00 bits per heavy atom. The number of rotatable bonds is 9. The zero-order valence-electron chi connectivity index (χ0n) is 21.7. The van der Waals surface area contributed by atoms with E-state index >= 15 is 4.57 Å². The van der Waals surface area contributed by atoms with Crippen molar-refractivity contribution in [2.24, 2.45) is 0 Å². The van der Waals surface area contributed by atoms with E-state index in [1.165, 1.54) is 10.4 Å². The van der Waals surface area contributed by atoms with E-state index in [0.717, 1.165) is 21.9 Å². The zero-order chi connectivity index (χ0) is 26.4. The topological polar surface area (TPSA) is 38.3 Å². The minimum Gasteiger partial charge on any atom is -0.497 e. The van der Waals surface area contributed by atoms with Crippen LogP contribution in [0.4, 0.5) is 0 Å². The molecule has 0 fully saturated rings. The van der Waals surface area contributed by atoms with Crippen molar-refractivity contribution in [3.8, 4) is 5.75 Å². The predicted octanol–water partition coefficient (Wildman–Crippen LogP) is 5.69. The number of nitrogens with one attached hydrogen (secondary N) is 1. The SMILES string of the molecule is COc1ccc(C(NP(=O)(c2ccccc2)c2ccccc2)[Si](C)(c2ccccc2)c2ccccc2)cc1. The summed E-state index contributed by atoms with van der Waals surface area (Å²) in [5.74, 6) is 0.796. The molecule has 1 unspecified atom stereocenters. The van der Waals surface area contributed by atoms with Crippen LogP contribution in [-0.2, 0) is 4.57 Å². The summed E-state index contributed by atoms with van der Waals surface area (Å²) in [6.07, 6.45) is 0. The summed E-state index contributed by atoms with van der Waals surface area (Å²) in [6, 6.07) is 49.2. The summed E-state index contributed by atoms with van der Waals surface area (Å²) < 4.78 is 20.8. The van der Waals surface area contributed by atoms with Crippen molar-refractivity contribution in [3.05, 3.63) is 151 Å². The van der Waals surface area contributed by atoms with Gasteiger partial charge in [-0.1, -0.05) is 126 Å². The van der Waals surface area contributed by atoms with Crippen LogP contribution in [0.3, 0.4) is 0 Å². The summed E-state index contributed by atoms with van der Waals surface area (Å²) in [5.41, 5.74) is 0.879. The molecule has 5 heteroatoms. The molecule has 0 radical (unpaired) electrons. The van der Waals surface area contributed by atoms with Crippen molar-refractivity contribution < 1.29 is 9.30 Å². The number of hydrogen-bond donors (Lipinski definition) is 1. The lowest BCUT2D eigenvalue weighted by molar-refractivity contribution is 0.414. The second kappa shape index (κ2) is 11.4. The van der Waals surface area contributed by atoms with E-state index in [1.54, 1.807) is 7.11 Å². The standard InChI is InChI=1S/C33H32NO2PSi/c1-36-28-25-23-27(24-26-28)33(38(2,31-19-11-5-12-20-31)32-21-13-6-14-22-32)34-37(35,29-15-7-3-8-16-29)30-17-9-4-10-18-30/h3-26,33H,1-2H3,(H,34,35). The lowest BCUT2D eigenvalue weighted by Crippen LogP contribution is -2.63. The van der Waals surface area contributed by atoms with Gasteiger partial charge in [-0.2, -0.15) is 0 Å². The van der Waals surface area contributed by atoms with Crippen LogP contribution in [0, 0.1) is 0 Å². The average Bonchev–Trinajstić information content (AvgIpc) is 3.01. The normalized spacial score (nSPS) is 12.6. The molecule has 190 valence electrons. The fourth-order valence-corrected chi connectivity index (χ4v) is 12.7. The van der Waals surface area contributed by atoms with E-state index in [-0.39, 0.29) is 5.67 Å². The summed E-state index contributed by atoms with van der Waals surface area (Å²) in [7, 11) is -4.17. The first kappa shape index (κ1) is 25.9. The van der Waals surface area contributed by atoms with Crippen LogP contribution >= 0.6 is 7.29 Å². The minimum absolute atomic E-state index is 0.204. The second-order valence-electron chi connectivity index (χ2n) is 9.55. The molecule has 0 spiro atoms. The molecule has 0 saturated carbocycles. The van der Waals surface area contributed by atoms with Crippen molar-refractivity contribution in [1.29, 1.82) is 0 Å². The highest BCUT2D eigenvalue weighted by Crippen LogP contribution is 2.44. The van der Waals surface area contributed by atoms with Gasteiger partial charge < -0.3 is 4.74 Å². The Kier molecular flexibility index (Phi) is 7.76. The van der Waals surface area contributed by atoms with Crippen molar-refractivity contribution in [2.75, 3.05) is 7.11 Å². The van der Waals surface area contributed by atoms with Crippen LogP contribution in [0.25, 0.3) is 0 Å². The van der Waals surface area contributed by atoms with Crippen LogP contribution in [0.5, 0.6) is 5.75 Å². The average molecular weight is 534 g/mol.